The van der Waals surface area contributed by atoms with Gasteiger partial charge in [0.2, 0.25) is 12.7 Å². The molecule has 0 bridgehead atoms. The molecule has 1 heterocycles. The van der Waals surface area contributed by atoms with Crippen molar-refractivity contribution in [1.29, 1.82) is 0 Å². The number of hydrogen-bond donors (Lipinski definition) is 1. The van der Waals surface area contributed by atoms with Gasteiger partial charge in [0.1, 0.15) is 12.7 Å². The van der Waals surface area contributed by atoms with E-state index < -0.39 is 24.8 Å². The fourth-order valence-electron chi connectivity index (χ4n) is 1.87. The lowest BCUT2D eigenvalue weighted by molar-refractivity contribution is -0.185. The van der Waals surface area contributed by atoms with Crippen molar-refractivity contribution in [2.24, 2.45) is 0 Å². The van der Waals surface area contributed by atoms with E-state index in [-0.39, 0.29) is 13.3 Å². The average molecular weight is 319 g/mol. The summed E-state index contributed by atoms with van der Waals surface area (Å²) in [6.07, 6.45) is -5.08. The van der Waals surface area contributed by atoms with Crippen LogP contribution in [0.25, 0.3) is 0 Å². The summed E-state index contributed by atoms with van der Waals surface area (Å²) in [6, 6.07) is 5.41. The Labute approximate surface area is 125 Å². The zero-order valence-electron chi connectivity index (χ0n) is 11.9. The number of halogens is 3. The molecule has 1 aromatic carbocycles. The first-order valence-corrected chi connectivity index (χ1v) is 6.70. The van der Waals surface area contributed by atoms with Crippen LogP contribution in [0.2, 0.25) is 0 Å². The van der Waals surface area contributed by atoms with Crippen LogP contribution in [-0.2, 0) is 16.0 Å². The summed E-state index contributed by atoms with van der Waals surface area (Å²) >= 11 is 0. The molecule has 1 atom stereocenters. The first-order valence-electron chi connectivity index (χ1n) is 6.70. The Balaban J connectivity index is 1.72. The molecule has 0 aliphatic carbocycles. The minimum atomic E-state index is -4.44. The zero-order chi connectivity index (χ0) is 16.2. The van der Waals surface area contributed by atoms with Gasteiger partial charge in [-0.15, -0.1) is 0 Å². The molecule has 0 saturated heterocycles. The van der Waals surface area contributed by atoms with Crippen molar-refractivity contribution >= 4 is 5.91 Å². The summed E-state index contributed by atoms with van der Waals surface area (Å²) in [5.74, 6) is 0.734. The maximum Gasteiger partial charge on any atom is 0.411 e. The molecule has 0 unspecified atom stereocenters. The molecule has 0 spiro atoms. The number of carbonyl (C=O) groups is 1. The summed E-state index contributed by atoms with van der Waals surface area (Å²) in [4.78, 5) is 11.6. The third-order valence-corrected chi connectivity index (χ3v) is 3.02. The van der Waals surface area contributed by atoms with Gasteiger partial charge < -0.3 is 19.5 Å². The highest BCUT2D eigenvalue weighted by Gasteiger charge is 2.29. The fraction of sp³-hybridized carbons (Fsp3) is 0.500. The second-order valence-electron chi connectivity index (χ2n) is 4.80. The van der Waals surface area contributed by atoms with Crippen molar-refractivity contribution < 1.29 is 32.2 Å². The van der Waals surface area contributed by atoms with Crippen LogP contribution in [0.1, 0.15) is 12.5 Å². The molecule has 0 aromatic heterocycles. The highest BCUT2D eigenvalue weighted by molar-refractivity contribution is 5.80. The normalized spacial score (nSPS) is 14.7. The van der Waals surface area contributed by atoms with E-state index in [4.69, 9.17) is 9.47 Å². The fourth-order valence-corrected chi connectivity index (χ4v) is 1.87. The molecule has 1 N–H and O–H groups in total. The van der Waals surface area contributed by atoms with Crippen molar-refractivity contribution in [2.45, 2.75) is 25.6 Å². The predicted molar refractivity (Wildman–Crippen MR) is 70.7 cm³/mol. The molecule has 22 heavy (non-hydrogen) atoms. The van der Waals surface area contributed by atoms with Crippen molar-refractivity contribution in [1.82, 2.24) is 5.32 Å². The van der Waals surface area contributed by atoms with Crippen LogP contribution in [0, 0.1) is 0 Å². The Morgan fingerprint density at radius 3 is 2.82 bits per heavy atom. The van der Waals surface area contributed by atoms with E-state index in [9.17, 15) is 18.0 Å². The molecule has 122 valence electrons. The van der Waals surface area contributed by atoms with Crippen LogP contribution in [0.15, 0.2) is 18.2 Å². The van der Waals surface area contributed by atoms with Gasteiger partial charge in [-0.25, -0.2) is 0 Å². The van der Waals surface area contributed by atoms with E-state index in [1.165, 1.54) is 6.92 Å². The highest BCUT2D eigenvalue weighted by Crippen LogP contribution is 2.32. The zero-order valence-corrected chi connectivity index (χ0v) is 11.9. The SMILES string of the molecule is C[C@H](OCC(F)(F)F)C(=O)NCCc1ccc2c(c1)OCO2. The van der Waals surface area contributed by atoms with E-state index in [1.807, 2.05) is 6.07 Å². The maximum absolute atomic E-state index is 12.0. The molecule has 0 fully saturated rings. The van der Waals surface area contributed by atoms with Crippen LogP contribution >= 0.6 is 0 Å². The second-order valence-corrected chi connectivity index (χ2v) is 4.80. The Morgan fingerprint density at radius 1 is 1.36 bits per heavy atom. The van der Waals surface area contributed by atoms with E-state index in [1.54, 1.807) is 12.1 Å². The first-order chi connectivity index (χ1) is 10.3. The largest absolute Gasteiger partial charge is 0.454 e. The maximum atomic E-state index is 12.0. The Kier molecular flexibility index (Phi) is 5.12. The van der Waals surface area contributed by atoms with Crippen LogP contribution < -0.4 is 14.8 Å². The number of hydrogen-bond acceptors (Lipinski definition) is 4. The monoisotopic (exact) mass is 319 g/mol. The number of alkyl halides is 3. The van der Waals surface area contributed by atoms with Crippen LogP contribution in [0.5, 0.6) is 11.5 Å². The molecule has 1 aromatic rings. The van der Waals surface area contributed by atoms with Crippen LogP contribution in [-0.4, -0.2) is 38.1 Å². The van der Waals surface area contributed by atoms with Crippen molar-refractivity contribution in [3.63, 3.8) is 0 Å². The quantitative estimate of drug-likeness (QED) is 0.872. The summed E-state index contributed by atoms with van der Waals surface area (Å²) < 4.78 is 50.8. The lowest BCUT2D eigenvalue weighted by atomic mass is 10.1. The number of rotatable bonds is 6. The number of amides is 1. The van der Waals surface area contributed by atoms with Crippen LogP contribution in [0.3, 0.4) is 0 Å². The molecule has 8 heteroatoms. The van der Waals surface area contributed by atoms with Crippen LogP contribution in [0.4, 0.5) is 13.2 Å². The van der Waals surface area contributed by atoms with E-state index >= 15 is 0 Å². The van der Waals surface area contributed by atoms with Crippen molar-refractivity contribution in [3.8, 4) is 11.5 Å². The van der Waals surface area contributed by atoms with Gasteiger partial charge in [-0.3, -0.25) is 4.79 Å². The minimum Gasteiger partial charge on any atom is -0.454 e. The lowest BCUT2D eigenvalue weighted by Crippen LogP contribution is -2.37. The van der Waals surface area contributed by atoms with Gasteiger partial charge in [0.05, 0.1) is 0 Å². The third kappa shape index (κ3) is 4.80. The van der Waals surface area contributed by atoms with Gasteiger partial charge in [0.15, 0.2) is 11.5 Å². The Hall–Kier alpha value is -1.96. The summed E-state index contributed by atoms with van der Waals surface area (Å²) in [5.41, 5.74) is 0.924. The van der Waals surface area contributed by atoms with Gasteiger partial charge in [-0.1, -0.05) is 6.07 Å². The van der Waals surface area contributed by atoms with E-state index in [2.05, 4.69) is 10.1 Å². The molecule has 1 amide bonds. The van der Waals surface area contributed by atoms with Gasteiger partial charge >= 0.3 is 6.18 Å². The lowest BCUT2D eigenvalue weighted by Gasteiger charge is -2.14. The average Bonchev–Trinajstić information content (AvgIpc) is 2.91. The number of fused-ring (bicyclic) bond motifs is 1. The summed E-state index contributed by atoms with van der Waals surface area (Å²) in [6.45, 7) is 0.313. The van der Waals surface area contributed by atoms with Gasteiger partial charge in [-0.2, -0.15) is 13.2 Å². The number of carbonyl (C=O) groups excluding carboxylic acids is 1. The minimum absolute atomic E-state index is 0.184. The van der Waals surface area contributed by atoms with Gasteiger partial charge in [-0.05, 0) is 31.0 Å². The molecular weight excluding hydrogens is 303 g/mol. The van der Waals surface area contributed by atoms with Crippen molar-refractivity contribution in [2.75, 3.05) is 19.9 Å². The predicted octanol–water partition coefficient (Wildman–Crippen LogP) is 2.04. The smallest absolute Gasteiger partial charge is 0.411 e. The summed E-state index contributed by atoms with van der Waals surface area (Å²) in [5, 5.41) is 2.53. The standard InChI is InChI=1S/C14H16F3NO4/c1-9(20-7-14(15,16)17)13(19)18-5-4-10-2-3-11-12(6-10)22-8-21-11/h2-3,6,9H,4-5,7-8H2,1H3,(H,18,19)/t9-/m0/s1. The molecule has 1 aliphatic heterocycles. The van der Waals surface area contributed by atoms with Crippen molar-refractivity contribution in [3.05, 3.63) is 23.8 Å². The molecule has 1 aliphatic rings. The van der Waals surface area contributed by atoms with E-state index in [0.717, 1.165) is 5.56 Å². The molecule has 2 rings (SSSR count). The Bertz CT molecular complexity index is 533. The summed E-state index contributed by atoms with van der Waals surface area (Å²) in [7, 11) is 0. The third-order valence-electron chi connectivity index (χ3n) is 3.02. The molecule has 0 saturated carbocycles. The van der Waals surface area contributed by atoms with Gasteiger partial charge in [0.25, 0.3) is 0 Å². The number of benzene rings is 1. The Morgan fingerprint density at radius 2 is 2.09 bits per heavy atom. The first kappa shape index (κ1) is 16.4. The molecular formula is C14H16F3NO4. The second kappa shape index (κ2) is 6.87. The number of ether oxygens (including phenoxy) is 3. The van der Waals surface area contributed by atoms with E-state index in [0.29, 0.717) is 17.9 Å². The topological polar surface area (TPSA) is 56.8 Å². The highest BCUT2D eigenvalue weighted by atomic mass is 19.4. The molecule has 0 radical (unpaired) electrons. The number of nitrogens with one attached hydrogen (secondary N) is 1. The van der Waals surface area contributed by atoms with Gasteiger partial charge in [0, 0.05) is 6.54 Å². The molecule has 5 nitrogen and oxygen atoms in total.